The van der Waals surface area contributed by atoms with E-state index >= 15 is 0 Å². The molecule has 0 radical (unpaired) electrons. The number of amides is 1. The molecule has 0 unspecified atom stereocenters. The fraction of sp³-hybridized carbons (Fsp3) is 0.261. The number of methoxy groups -OCH3 is 2. The number of nitrogens with zero attached hydrogens (tertiary/aromatic N) is 1. The average molecular weight is 473 g/mol. The number of ether oxygens (including phenoxy) is 2. The number of fused-ring (bicyclic) bond motifs is 1. The lowest BCUT2D eigenvalue weighted by Crippen LogP contribution is -2.35. The van der Waals surface area contributed by atoms with E-state index in [-0.39, 0.29) is 11.7 Å². The van der Waals surface area contributed by atoms with Crippen LogP contribution in [0.1, 0.15) is 26.4 Å². The second kappa shape index (κ2) is 9.22. The topological polar surface area (TPSA) is 84.9 Å². The van der Waals surface area contributed by atoms with E-state index in [1.165, 1.54) is 25.6 Å². The second-order valence-corrected chi connectivity index (χ2v) is 10.2. The first-order valence-corrected chi connectivity index (χ1v) is 12.6. The van der Waals surface area contributed by atoms with Crippen molar-refractivity contribution >= 4 is 33.0 Å². The van der Waals surface area contributed by atoms with Crippen LogP contribution in [0.5, 0.6) is 11.5 Å². The summed E-state index contributed by atoms with van der Waals surface area (Å²) < 4.78 is 38.7. The third-order valence-electron chi connectivity index (χ3n) is 5.28. The first-order valence-electron chi connectivity index (χ1n) is 10.0. The Balaban J connectivity index is 1.49. The molecule has 32 heavy (non-hydrogen) atoms. The molecule has 9 heteroatoms. The largest absolute Gasteiger partial charge is 0.497 e. The Morgan fingerprint density at radius 3 is 2.47 bits per heavy atom. The van der Waals surface area contributed by atoms with Crippen molar-refractivity contribution in [2.75, 3.05) is 25.5 Å². The number of thiophene rings is 1. The second-order valence-electron chi connectivity index (χ2n) is 7.52. The van der Waals surface area contributed by atoms with Crippen molar-refractivity contribution < 1.29 is 22.7 Å². The van der Waals surface area contributed by atoms with Gasteiger partial charge >= 0.3 is 0 Å². The molecule has 0 fully saturated rings. The molecular formula is C23H24N2O5S2. The van der Waals surface area contributed by atoms with Crippen LogP contribution in [-0.2, 0) is 28.7 Å². The van der Waals surface area contributed by atoms with Gasteiger partial charge in [0.25, 0.3) is 5.91 Å². The minimum absolute atomic E-state index is 0.00334. The Labute approximate surface area is 191 Å². The summed E-state index contributed by atoms with van der Waals surface area (Å²) >= 11 is 1.42. The van der Waals surface area contributed by atoms with Crippen molar-refractivity contribution in [3.63, 3.8) is 0 Å². The van der Waals surface area contributed by atoms with Crippen LogP contribution in [0.4, 0.5) is 5.69 Å². The van der Waals surface area contributed by atoms with Crippen molar-refractivity contribution in [1.29, 1.82) is 0 Å². The van der Waals surface area contributed by atoms with E-state index in [1.54, 1.807) is 29.2 Å². The average Bonchev–Trinajstić information content (AvgIpc) is 3.32. The maximum absolute atomic E-state index is 12.8. The number of sulfonamides is 1. The number of carbonyl (C=O) groups is 1. The third-order valence-corrected chi connectivity index (χ3v) is 7.40. The van der Waals surface area contributed by atoms with Gasteiger partial charge in [0.1, 0.15) is 11.5 Å². The Morgan fingerprint density at radius 2 is 1.81 bits per heavy atom. The Morgan fingerprint density at radius 1 is 1.06 bits per heavy atom. The molecule has 0 bridgehead atoms. The molecule has 4 rings (SSSR count). The fourth-order valence-corrected chi connectivity index (χ4v) is 5.59. The number of benzene rings is 2. The molecule has 0 saturated heterocycles. The van der Waals surface area contributed by atoms with Gasteiger partial charge in [0.15, 0.2) is 0 Å². The van der Waals surface area contributed by atoms with E-state index in [4.69, 9.17) is 9.47 Å². The van der Waals surface area contributed by atoms with Crippen LogP contribution in [0.2, 0.25) is 0 Å². The zero-order valence-electron chi connectivity index (χ0n) is 17.8. The molecule has 3 aromatic rings. The maximum Gasteiger partial charge on any atom is 0.264 e. The number of anilines is 1. The lowest BCUT2D eigenvalue weighted by molar-refractivity contribution is 0.0739. The molecule has 2 heterocycles. The van der Waals surface area contributed by atoms with Gasteiger partial charge in [0.2, 0.25) is 10.0 Å². The van der Waals surface area contributed by atoms with Crippen LogP contribution in [-0.4, -0.2) is 40.0 Å². The van der Waals surface area contributed by atoms with Crippen LogP contribution in [0.15, 0.2) is 53.9 Å². The van der Waals surface area contributed by atoms with E-state index in [2.05, 4.69) is 4.72 Å². The molecule has 1 N–H and O–H groups in total. The van der Waals surface area contributed by atoms with Crippen LogP contribution < -0.4 is 14.2 Å². The molecule has 168 valence electrons. The standard InChI is InChI=1S/C23H24N2O5S2/c1-29-20-10-16(11-21(13-20)30-2)15-32(27,28)24-19-6-5-17-7-8-25(14-18(17)12-19)23(26)22-4-3-9-31-22/h3-6,9-13,24H,7-8,14-15H2,1-2H3. The van der Waals surface area contributed by atoms with Crippen LogP contribution in [0.3, 0.4) is 0 Å². The van der Waals surface area contributed by atoms with Gasteiger partial charge in [-0.2, -0.15) is 0 Å². The first kappa shape index (κ1) is 22.2. The smallest absolute Gasteiger partial charge is 0.264 e. The van der Waals surface area contributed by atoms with Crippen molar-refractivity contribution in [3.05, 3.63) is 75.5 Å². The summed E-state index contributed by atoms with van der Waals surface area (Å²) in [6.07, 6.45) is 0.739. The van der Waals surface area contributed by atoms with Gasteiger partial charge in [-0.25, -0.2) is 8.42 Å². The van der Waals surface area contributed by atoms with Gasteiger partial charge in [-0.15, -0.1) is 11.3 Å². The Kier molecular flexibility index (Phi) is 6.38. The number of hydrogen-bond donors (Lipinski definition) is 1. The van der Waals surface area contributed by atoms with E-state index in [9.17, 15) is 13.2 Å². The zero-order chi connectivity index (χ0) is 22.7. The van der Waals surface area contributed by atoms with E-state index in [1.807, 2.05) is 29.6 Å². The molecule has 0 atom stereocenters. The molecule has 1 amide bonds. The molecule has 7 nitrogen and oxygen atoms in total. The van der Waals surface area contributed by atoms with E-state index in [0.717, 1.165) is 17.5 Å². The molecule has 2 aromatic carbocycles. The number of carbonyl (C=O) groups excluding carboxylic acids is 1. The minimum atomic E-state index is -3.67. The summed E-state index contributed by atoms with van der Waals surface area (Å²) in [4.78, 5) is 15.2. The summed E-state index contributed by atoms with van der Waals surface area (Å²) in [5, 5.41) is 1.88. The molecular weight excluding hydrogens is 448 g/mol. The first-order chi connectivity index (χ1) is 15.4. The number of hydrogen-bond acceptors (Lipinski definition) is 6. The molecule has 0 saturated carbocycles. The normalized spacial score (nSPS) is 13.4. The Hall–Kier alpha value is -3.04. The zero-order valence-corrected chi connectivity index (χ0v) is 19.5. The predicted octanol–water partition coefficient (Wildman–Crippen LogP) is 3.91. The lowest BCUT2D eigenvalue weighted by Gasteiger charge is -2.29. The van der Waals surface area contributed by atoms with Gasteiger partial charge in [0, 0.05) is 24.8 Å². The van der Waals surface area contributed by atoms with Crippen molar-refractivity contribution in [2.45, 2.75) is 18.7 Å². The molecule has 1 aliphatic heterocycles. The highest BCUT2D eigenvalue weighted by molar-refractivity contribution is 7.91. The van der Waals surface area contributed by atoms with E-state index in [0.29, 0.717) is 40.7 Å². The minimum Gasteiger partial charge on any atom is -0.497 e. The lowest BCUT2D eigenvalue weighted by atomic mass is 9.99. The van der Waals surface area contributed by atoms with Crippen molar-refractivity contribution in [1.82, 2.24) is 4.90 Å². The van der Waals surface area contributed by atoms with Crippen LogP contribution >= 0.6 is 11.3 Å². The molecule has 1 aromatic heterocycles. The molecule has 1 aliphatic rings. The van der Waals surface area contributed by atoms with Gasteiger partial charge in [-0.3, -0.25) is 9.52 Å². The van der Waals surface area contributed by atoms with Gasteiger partial charge in [0.05, 0.1) is 24.8 Å². The van der Waals surface area contributed by atoms with Gasteiger partial charge < -0.3 is 14.4 Å². The predicted molar refractivity (Wildman–Crippen MR) is 125 cm³/mol. The van der Waals surface area contributed by atoms with Gasteiger partial charge in [-0.05, 0) is 58.8 Å². The van der Waals surface area contributed by atoms with Crippen molar-refractivity contribution in [3.8, 4) is 11.5 Å². The quantitative estimate of drug-likeness (QED) is 0.564. The fourth-order valence-electron chi connectivity index (χ4n) is 3.73. The monoisotopic (exact) mass is 472 g/mol. The van der Waals surface area contributed by atoms with Crippen LogP contribution in [0, 0.1) is 0 Å². The van der Waals surface area contributed by atoms with Crippen LogP contribution in [0.25, 0.3) is 0 Å². The summed E-state index contributed by atoms with van der Waals surface area (Å²) in [5.41, 5.74) is 3.11. The highest BCUT2D eigenvalue weighted by atomic mass is 32.2. The number of nitrogens with one attached hydrogen (secondary N) is 1. The third kappa shape index (κ3) is 5.05. The van der Waals surface area contributed by atoms with Crippen molar-refractivity contribution in [2.24, 2.45) is 0 Å². The highest BCUT2D eigenvalue weighted by Crippen LogP contribution is 2.27. The molecule has 0 aliphatic carbocycles. The number of rotatable bonds is 7. The summed E-state index contributed by atoms with van der Waals surface area (Å²) in [6.45, 7) is 1.10. The molecule has 0 spiro atoms. The van der Waals surface area contributed by atoms with Gasteiger partial charge in [-0.1, -0.05) is 12.1 Å². The summed E-state index contributed by atoms with van der Waals surface area (Å²) in [6, 6.07) is 14.2. The summed E-state index contributed by atoms with van der Waals surface area (Å²) in [5.74, 6) is 0.835. The SMILES string of the molecule is COc1cc(CS(=O)(=O)Nc2ccc3c(c2)CN(C(=O)c2cccs2)CC3)cc(OC)c1. The highest BCUT2D eigenvalue weighted by Gasteiger charge is 2.23. The maximum atomic E-state index is 12.8. The Bertz CT molecular complexity index is 1200. The van der Waals surface area contributed by atoms with E-state index < -0.39 is 10.0 Å². The summed E-state index contributed by atoms with van der Waals surface area (Å²) in [7, 11) is -0.632.